The van der Waals surface area contributed by atoms with Gasteiger partial charge in [-0.2, -0.15) is 5.26 Å². The maximum absolute atomic E-state index is 11.5. The van der Waals surface area contributed by atoms with Crippen LogP contribution in [-0.4, -0.2) is 17.6 Å². The van der Waals surface area contributed by atoms with Gasteiger partial charge in [-0.1, -0.05) is 0 Å². The van der Waals surface area contributed by atoms with Crippen molar-refractivity contribution < 1.29 is 9.53 Å². The van der Waals surface area contributed by atoms with E-state index in [1.54, 1.807) is 24.3 Å². The molecule has 0 spiro atoms. The number of thiophene rings is 1. The lowest BCUT2D eigenvalue weighted by atomic mass is 10.3. The molecule has 0 unspecified atom stereocenters. The predicted molar refractivity (Wildman–Crippen MR) is 87.1 cm³/mol. The summed E-state index contributed by atoms with van der Waals surface area (Å²) in [4.78, 5) is 16.9. The smallest absolute Gasteiger partial charge is 0.350 e. The molecule has 0 saturated carbocycles. The summed E-state index contributed by atoms with van der Waals surface area (Å²) in [5.74, 6) is -0.647. The van der Waals surface area contributed by atoms with Gasteiger partial charge in [0.1, 0.15) is 6.07 Å². The van der Waals surface area contributed by atoms with Crippen LogP contribution < -0.4 is 5.32 Å². The molecule has 5 nitrogen and oxygen atoms in total. The van der Waals surface area contributed by atoms with E-state index in [0.717, 1.165) is 14.4 Å². The minimum absolute atomic E-state index is 0.0903. The summed E-state index contributed by atoms with van der Waals surface area (Å²) in [6.07, 6.45) is 1.31. The van der Waals surface area contributed by atoms with E-state index >= 15 is 0 Å². The van der Waals surface area contributed by atoms with E-state index in [4.69, 9.17) is 10.00 Å². The van der Waals surface area contributed by atoms with Gasteiger partial charge >= 0.3 is 5.97 Å². The van der Waals surface area contributed by atoms with Crippen molar-refractivity contribution in [2.24, 2.45) is 0 Å². The van der Waals surface area contributed by atoms with Gasteiger partial charge in [0, 0.05) is 11.6 Å². The molecule has 0 saturated heterocycles. The van der Waals surface area contributed by atoms with Crippen LogP contribution in [0, 0.1) is 11.3 Å². The quantitative estimate of drug-likeness (QED) is 0.479. The predicted octanol–water partition coefficient (Wildman–Crippen LogP) is 4.02. The van der Waals surface area contributed by atoms with E-state index in [-0.39, 0.29) is 12.2 Å². The number of aromatic nitrogens is 1. The summed E-state index contributed by atoms with van der Waals surface area (Å²) < 4.78 is 5.81. The van der Waals surface area contributed by atoms with Crippen LogP contribution in [0.1, 0.15) is 6.92 Å². The van der Waals surface area contributed by atoms with Crippen molar-refractivity contribution in [1.82, 2.24) is 4.98 Å². The second kappa shape index (κ2) is 7.36. The van der Waals surface area contributed by atoms with E-state index in [9.17, 15) is 4.79 Å². The first-order chi connectivity index (χ1) is 10.1. The third-order valence-electron chi connectivity index (χ3n) is 2.29. The van der Waals surface area contributed by atoms with Gasteiger partial charge in [0.05, 0.1) is 21.0 Å². The van der Waals surface area contributed by atoms with Crippen LogP contribution in [0.2, 0.25) is 0 Å². The number of nitrogens with one attached hydrogen (secondary N) is 1. The van der Waals surface area contributed by atoms with Crippen molar-refractivity contribution >= 4 is 49.7 Å². The van der Waals surface area contributed by atoms with Gasteiger partial charge in [0.25, 0.3) is 0 Å². The normalized spacial score (nSPS) is 11.0. The first-order valence-corrected chi connectivity index (χ1v) is 8.38. The van der Waals surface area contributed by atoms with Gasteiger partial charge in [-0.25, -0.2) is 9.78 Å². The fraction of sp³-hybridized carbons (Fsp3) is 0.154. The molecule has 0 aliphatic heterocycles. The van der Waals surface area contributed by atoms with E-state index in [1.165, 1.54) is 17.5 Å². The topological polar surface area (TPSA) is 75.0 Å². The number of halogens is 1. The second-order valence-electron chi connectivity index (χ2n) is 3.68. The molecular formula is C13H10BrN3O2S2. The summed E-state index contributed by atoms with van der Waals surface area (Å²) in [7, 11) is 0. The summed E-state index contributed by atoms with van der Waals surface area (Å²) in [6, 6.07) is 5.73. The van der Waals surface area contributed by atoms with Crippen LogP contribution in [0.3, 0.4) is 0 Å². The highest BCUT2D eigenvalue weighted by Gasteiger charge is 2.10. The third-order valence-corrected chi connectivity index (χ3v) is 4.71. The minimum atomic E-state index is -0.647. The minimum Gasteiger partial charge on any atom is -0.462 e. The molecule has 2 heterocycles. The number of nitrogens with zero attached hydrogens (tertiary/aromatic N) is 2. The van der Waals surface area contributed by atoms with Gasteiger partial charge in [0.2, 0.25) is 0 Å². The molecule has 2 aromatic heterocycles. The van der Waals surface area contributed by atoms with Crippen molar-refractivity contribution in [3.05, 3.63) is 33.1 Å². The first-order valence-electron chi connectivity index (χ1n) is 5.89. The fourth-order valence-electron chi connectivity index (χ4n) is 1.38. The number of carbonyl (C=O) groups excluding carboxylic acids is 1. The fourth-order valence-corrected chi connectivity index (χ4v) is 3.49. The van der Waals surface area contributed by atoms with E-state index in [0.29, 0.717) is 5.13 Å². The lowest BCUT2D eigenvalue weighted by molar-refractivity contribution is -0.138. The number of carbonyl (C=O) groups is 1. The number of rotatable bonds is 5. The molecule has 0 amide bonds. The van der Waals surface area contributed by atoms with Gasteiger partial charge in [-0.05, 0) is 35.0 Å². The molecule has 0 bridgehead atoms. The van der Waals surface area contributed by atoms with Gasteiger partial charge < -0.3 is 10.1 Å². The number of esters is 1. The average molecular weight is 384 g/mol. The SMILES string of the molecule is CCOC(=O)/C(C#N)=C/Nc1nc(-c2ccc(Br)s2)cs1. The van der Waals surface area contributed by atoms with Gasteiger partial charge in [-0.15, -0.1) is 22.7 Å². The largest absolute Gasteiger partial charge is 0.462 e. The van der Waals surface area contributed by atoms with Crippen LogP contribution >= 0.6 is 38.6 Å². The molecule has 2 aromatic rings. The lowest BCUT2D eigenvalue weighted by Crippen LogP contribution is -2.07. The summed E-state index contributed by atoms with van der Waals surface area (Å²) in [6.45, 7) is 1.92. The van der Waals surface area contributed by atoms with Crippen molar-refractivity contribution in [2.75, 3.05) is 11.9 Å². The molecule has 8 heteroatoms. The third kappa shape index (κ3) is 4.14. The number of ether oxygens (including phenoxy) is 1. The van der Waals surface area contributed by atoms with Crippen LogP contribution in [-0.2, 0) is 9.53 Å². The van der Waals surface area contributed by atoms with Crippen molar-refractivity contribution in [2.45, 2.75) is 6.92 Å². The zero-order valence-electron chi connectivity index (χ0n) is 10.9. The standard InChI is InChI=1S/C13H10BrN3O2S2/c1-2-19-12(18)8(5-15)6-16-13-17-9(7-20-13)10-3-4-11(14)21-10/h3-4,6-7H,2H2,1H3,(H,16,17)/b8-6+. The maximum atomic E-state index is 11.5. The Morgan fingerprint density at radius 2 is 2.43 bits per heavy atom. The van der Waals surface area contributed by atoms with Crippen LogP contribution in [0.5, 0.6) is 0 Å². The highest BCUT2D eigenvalue weighted by Crippen LogP contribution is 2.33. The number of thiazole rings is 1. The molecule has 0 fully saturated rings. The molecule has 0 aliphatic rings. The molecular weight excluding hydrogens is 374 g/mol. The first kappa shape index (κ1) is 15.7. The number of nitriles is 1. The zero-order valence-corrected chi connectivity index (χ0v) is 14.1. The Bertz CT molecular complexity index is 715. The van der Waals surface area contributed by atoms with Gasteiger partial charge in [0.15, 0.2) is 10.7 Å². The Balaban J connectivity index is 2.09. The Hall–Kier alpha value is -1.69. The summed E-state index contributed by atoms with van der Waals surface area (Å²) in [5.41, 5.74) is 0.758. The number of hydrogen-bond donors (Lipinski definition) is 1. The Kier molecular flexibility index (Phi) is 5.50. The number of anilines is 1. The van der Waals surface area contributed by atoms with E-state index < -0.39 is 5.97 Å². The molecule has 0 atom stereocenters. The van der Waals surface area contributed by atoms with Crippen molar-refractivity contribution in [3.63, 3.8) is 0 Å². The van der Waals surface area contributed by atoms with Crippen molar-refractivity contribution in [1.29, 1.82) is 5.26 Å². The average Bonchev–Trinajstić information content (AvgIpc) is 3.08. The molecule has 0 aromatic carbocycles. The van der Waals surface area contributed by atoms with Crippen LogP contribution in [0.4, 0.5) is 5.13 Å². The number of hydrogen-bond acceptors (Lipinski definition) is 7. The lowest BCUT2D eigenvalue weighted by Gasteiger charge is -1.99. The van der Waals surface area contributed by atoms with Crippen LogP contribution in [0.25, 0.3) is 10.6 Å². The Morgan fingerprint density at radius 3 is 3.05 bits per heavy atom. The zero-order chi connectivity index (χ0) is 15.2. The van der Waals surface area contributed by atoms with E-state index in [2.05, 4.69) is 26.2 Å². The monoisotopic (exact) mass is 383 g/mol. The van der Waals surface area contributed by atoms with Crippen molar-refractivity contribution in [3.8, 4) is 16.6 Å². The highest BCUT2D eigenvalue weighted by molar-refractivity contribution is 9.11. The Morgan fingerprint density at radius 1 is 1.62 bits per heavy atom. The van der Waals surface area contributed by atoms with Crippen LogP contribution in [0.15, 0.2) is 33.1 Å². The molecule has 21 heavy (non-hydrogen) atoms. The summed E-state index contributed by atoms with van der Waals surface area (Å²) in [5, 5.41) is 14.3. The summed E-state index contributed by atoms with van der Waals surface area (Å²) >= 11 is 6.39. The highest BCUT2D eigenvalue weighted by atomic mass is 79.9. The molecule has 0 radical (unpaired) electrons. The molecule has 0 aliphatic carbocycles. The van der Waals surface area contributed by atoms with E-state index in [1.807, 2.05) is 17.5 Å². The molecule has 1 N–H and O–H groups in total. The Labute approximate surface area is 138 Å². The second-order valence-corrected chi connectivity index (χ2v) is 7.00. The van der Waals surface area contributed by atoms with Gasteiger partial charge in [-0.3, -0.25) is 0 Å². The molecule has 2 rings (SSSR count). The molecule has 108 valence electrons. The maximum Gasteiger partial charge on any atom is 0.350 e.